The molecule has 0 saturated carbocycles. The van der Waals surface area contributed by atoms with Gasteiger partial charge in [-0.2, -0.15) is 0 Å². The molecule has 0 aliphatic carbocycles. The van der Waals surface area contributed by atoms with E-state index in [1.54, 1.807) is 24.3 Å². The van der Waals surface area contributed by atoms with Crippen LogP contribution in [0.3, 0.4) is 0 Å². The summed E-state index contributed by atoms with van der Waals surface area (Å²) in [5, 5.41) is 9.70. The highest BCUT2D eigenvalue weighted by molar-refractivity contribution is 7.89. The SMILES string of the molecule is Nc1cc(S(=O)(=O)NC(CO)c2ccccc2)ccc1Cl. The van der Waals surface area contributed by atoms with Gasteiger partial charge >= 0.3 is 0 Å². The molecule has 0 saturated heterocycles. The number of nitrogens with two attached hydrogens (primary N) is 1. The molecule has 7 heteroatoms. The Morgan fingerprint density at radius 3 is 2.43 bits per heavy atom. The fourth-order valence-corrected chi connectivity index (χ4v) is 3.21. The van der Waals surface area contributed by atoms with Crippen molar-refractivity contribution in [3.05, 3.63) is 59.1 Å². The van der Waals surface area contributed by atoms with Gasteiger partial charge in [0.15, 0.2) is 0 Å². The third-order valence-electron chi connectivity index (χ3n) is 2.96. The van der Waals surface area contributed by atoms with Crippen molar-refractivity contribution in [3.63, 3.8) is 0 Å². The molecule has 0 aliphatic rings. The molecule has 0 amide bonds. The summed E-state index contributed by atoms with van der Waals surface area (Å²) in [6, 6.07) is 12.2. The number of nitrogen functional groups attached to an aromatic ring is 1. The number of halogens is 1. The first-order valence-electron chi connectivity index (χ1n) is 6.17. The van der Waals surface area contributed by atoms with Gasteiger partial charge < -0.3 is 10.8 Å². The lowest BCUT2D eigenvalue weighted by Gasteiger charge is -2.17. The minimum absolute atomic E-state index is 0.00113. The van der Waals surface area contributed by atoms with E-state index < -0.39 is 16.1 Å². The molecule has 0 aliphatic heterocycles. The van der Waals surface area contributed by atoms with Crippen LogP contribution in [-0.4, -0.2) is 20.1 Å². The molecule has 21 heavy (non-hydrogen) atoms. The molecular formula is C14H15ClN2O3S. The zero-order valence-electron chi connectivity index (χ0n) is 11.0. The van der Waals surface area contributed by atoms with Gasteiger partial charge in [0.05, 0.1) is 28.3 Å². The van der Waals surface area contributed by atoms with Crippen molar-refractivity contribution >= 4 is 27.3 Å². The maximum absolute atomic E-state index is 12.3. The molecule has 5 nitrogen and oxygen atoms in total. The van der Waals surface area contributed by atoms with Gasteiger partial charge in [-0.1, -0.05) is 41.9 Å². The Kier molecular flexibility index (Phi) is 4.84. The van der Waals surface area contributed by atoms with Gasteiger partial charge in [-0.25, -0.2) is 13.1 Å². The number of rotatable bonds is 5. The number of aliphatic hydroxyl groups excluding tert-OH is 1. The predicted octanol–water partition coefficient (Wildman–Crippen LogP) is 1.93. The van der Waals surface area contributed by atoms with Crippen LogP contribution in [0.1, 0.15) is 11.6 Å². The Hall–Kier alpha value is -1.60. The molecule has 2 aromatic rings. The maximum Gasteiger partial charge on any atom is 0.241 e. The van der Waals surface area contributed by atoms with Crippen LogP contribution >= 0.6 is 11.6 Å². The second-order valence-corrected chi connectivity index (χ2v) is 6.57. The molecule has 0 bridgehead atoms. The van der Waals surface area contributed by atoms with E-state index >= 15 is 0 Å². The molecule has 2 rings (SSSR count). The van der Waals surface area contributed by atoms with Crippen LogP contribution in [-0.2, 0) is 10.0 Å². The lowest BCUT2D eigenvalue weighted by molar-refractivity contribution is 0.259. The van der Waals surface area contributed by atoms with Crippen LogP contribution in [0.5, 0.6) is 0 Å². The summed E-state index contributed by atoms with van der Waals surface area (Å²) in [6.45, 7) is -0.355. The smallest absolute Gasteiger partial charge is 0.241 e. The minimum Gasteiger partial charge on any atom is -0.397 e. The van der Waals surface area contributed by atoms with Gasteiger partial charge in [-0.05, 0) is 23.8 Å². The Bertz CT molecular complexity index is 720. The normalized spacial score (nSPS) is 13.0. The number of nitrogens with one attached hydrogen (secondary N) is 1. The number of hydrogen-bond donors (Lipinski definition) is 3. The molecular weight excluding hydrogens is 312 g/mol. The number of anilines is 1. The zero-order chi connectivity index (χ0) is 15.5. The Morgan fingerprint density at radius 1 is 1.19 bits per heavy atom. The average Bonchev–Trinajstić information content (AvgIpc) is 2.48. The van der Waals surface area contributed by atoms with Crippen molar-refractivity contribution in [3.8, 4) is 0 Å². The third-order valence-corrected chi connectivity index (χ3v) is 4.77. The highest BCUT2D eigenvalue weighted by Gasteiger charge is 2.21. The topological polar surface area (TPSA) is 92.4 Å². The first-order chi connectivity index (χ1) is 9.94. The van der Waals surface area contributed by atoms with Crippen LogP contribution in [0.25, 0.3) is 0 Å². The fraction of sp³-hybridized carbons (Fsp3) is 0.143. The van der Waals surface area contributed by atoms with E-state index in [0.717, 1.165) is 0 Å². The van der Waals surface area contributed by atoms with E-state index in [2.05, 4.69) is 4.72 Å². The van der Waals surface area contributed by atoms with Crippen LogP contribution in [0.2, 0.25) is 5.02 Å². The van der Waals surface area contributed by atoms with Crippen molar-refractivity contribution in [1.29, 1.82) is 0 Å². The quantitative estimate of drug-likeness (QED) is 0.732. The van der Waals surface area contributed by atoms with E-state index in [4.69, 9.17) is 17.3 Å². The van der Waals surface area contributed by atoms with Gasteiger partial charge in [0.2, 0.25) is 10.0 Å². The van der Waals surface area contributed by atoms with Gasteiger partial charge in [0.25, 0.3) is 0 Å². The predicted molar refractivity (Wildman–Crippen MR) is 82.5 cm³/mol. The second-order valence-electron chi connectivity index (χ2n) is 4.45. The Balaban J connectivity index is 2.29. The first kappa shape index (κ1) is 15.8. The largest absolute Gasteiger partial charge is 0.397 e. The summed E-state index contributed by atoms with van der Waals surface area (Å²) in [6.07, 6.45) is 0. The fourth-order valence-electron chi connectivity index (χ4n) is 1.84. The van der Waals surface area contributed by atoms with E-state index in [-0.39, 0.29) is 22.2 Å². The number of hydrogen-bond acceptors (Lipinski definition) is 4. The van der Waals surface area contributed by atoms with Gasteiger partial charge in [-0.3, -0.25) is 0 Å². The van der Waals surface area contributed by atoms with Crippen LogP contribution in [0.4, 0.5) is 5.69 Å². The summed E-state index contributed by atoms with van der Waals surface area (Å²) in [7, 11) is -3.81. The number of sulfonamides is 1. The molecule has 0 aromatic heterocycles. The molecule has 0 fully saturated rings. The lowest BCUT2D eigenvalue weighted by Crippen LogP contribution is -2.30. The summed E-state index contributed by atoms with van der Waals surface area (Å²) >= 11 is 5.78. The Labute approximate surface area is 128 Å². The maximum atomic E-state index is 12.3. The molecule has 0 heterocycles. The van der Waals surface area contributed by atoms with E-state index in [1.807, 2.05) is 6.07 Å². The molecule has 1 unspecified atom stereocenters. The Morgan fingerprint density at radius 2 is 1.86 bits per heavy atom. The summed E-state index contributed by atoms with van der Waals surface area (Å²) in [4.78, 5) is -0.00113. The van der Waals surface area contributed by atoms with Crippen LogP contribution in [0.15, 0.2) is 53.4 Å². The molecule has 2 aromatic carbocycles. The third kappa shape index (κ3) is 3.74. The number of aliphatic hydroxyl groups is 1. The molecule has 1 atom stereocenters. The zero-order valence-corrected chi connectivity index (χ0v) is 12.6. The highest BCUT2D eigenvalue weighted by atomic mass is 35.5. The summed E-state index contributed by atoms with van der Waals surface area (Å²) < 4.78 is 27.1. The lowest BCUT2D eigenvalue weighted by atomic mass is 10.1. The summed E-state index contributed by atoms with van der Waals surface area (Å²) in [5.41, 5.74) is 6.47. The standard InChI is InChI=1S/C14H15ClN2O3S/c15-12-7-6-11(8-13(12)16)21(19,20)17-14(9-18)10-4-2-1-3-5-10/h1-8,14,17-18H,9,16H2. The summed E-state index contributed by atoms with van der Waals surface area (Å²) in [5.74, 6) is 0. The van der Waals surface area contributed by atoms with Gasteiger partial charge in [-0.15, -0.1) is 0 Å². The molecule has 0 radical (unpaired) electrons. The van der Waals surface area contributed by atoms with Crippen molar-refractivity contribution in [2.24, 2.45) is 0 Å². The number of benzene rings is 2. The van der Waals surface area contributed by atoms with Crippen molar-refractivity contribution in [2.45, 2.75) is 10.9 Å². The van der Waals surface area contributed by atoms with Crippen molar-refractivity contribution in [1.82, 2.24) is 4.72 Å². The highest BCUT2D eigenvalue weighted by Crippen LogP contribution is 2.23. The molecule has 112 valence electrons. The first-order valence-corrected chi connectivity index (χ1v) is 8.03. The van der Waals surface area contributed by atoms with Gasteiger partial charge in [0, 0.05) is 0 Å². The van der Waals surface area contributed by atoms with E-state index in [0.29, 0.717) is 5.56 Å². The van der Waals surface area contributed by atoms with Gasteiger partial charge in [0.1, 0.15) is 0 Å². The van der Waals surface area contributed by atoms with E-state index in [9.17, 15) is 13.5 Å². The van der Waals surface area contributed by atoms with Crippen molar-refractivity contribution < 1.29 is 13.5 Å². The average molecular weight is 327 g/mol. The molecule has 4 N–H and O–H groups in total. The van der Waals surface area contributed by atoms with E-state index in [1.165, 1.54) is 18.2 Å². The molecule has 0 spiro atoms. The van der Waals surface area contributed by atoms with Crippen LogP contribution < -0.4 is 10.5 Å². The van der Waals surface area contributed by atoms with Crippen LogP contribution in [0, 0.1) is 0 Å². The van der Waals surface area contributed by atoms with Crippen molar-refractivity contribution in [2.75, 3.05) is 12.3 Å². The second kappa shape index (κ2) is 6.44. The minimum atomic E-state index is -3.81. The monoisotopic (exact) mass is 326 g/mol.